The number of aryl methyl sites for hydroxylation is 2. The van der Waals surface area contributed by atoms with Crippen molar-refractivity contribution in [3.63, 3.8) is 0 Å². The number of aromatic nitrogens is 3. The molecule has 0 unspecified atom stereocenters. The van der Waals surface area contributed by atoms with Crippen LogP contribution in [-0.2, 0) is 12.8 Å². The molecule has 0 saturated carbocycles. The van der Waals surface area contributed by atoms with Gasteiger partial charge < -0.3 is 0 Å². The molecule has 14 heavy (non-hydrogen) atoms. The van der Waals surface area contributed by atoms with Crippen molar-refractivity contribution < 1.29 is 0 Å². The first-order chi connectivity index (χ1) is 6.95. The average Bonchev–Trinajstić information content (AvgIpc) is 2.61. The van der Waals surface area contributed by atoms with Crippen LogP contribution >= 0.6 is 0 Å². The number of fused-ring (bicyclic) bond motifs is 3. The van der Waals surface area contributed by atoms with Crippen LogP contribution in [0.5, 0.6) is 0 Å². The molecule has 0 spiro atoms. The molecule has 0 bridgehead atoms. The first-order valence-corrected chi connectivity index (χ1v) is 4.92. The zero-order valence-electron chi connectivity index (χ0n) is 7.85. The Morgan fingerprint density at radius 3 is 3.07 bits per heavy atom. The molecule has 1 aromatic carbocycles. The second-order valence-electron chi connectivity index (χ2n) is 3.60. The molecule has 0 radical (unpaired) electrons. The van der Waals surface area contributed by atoms with E-state index in [2.05, 4.69) is 39.0 Å². The largest absolute Gasteiger partial charge is 0.285 e. The van der Waals surface area contributed by atoms with Gasteiger partial charge in [-0.25, -0.2) is 0 Å². The van der Waals surface area contributed by atoms with E-state index in [9.17, 15) is 0 Å². The number of nitrogens with zero attached hydrogens (tertiary/aromatic N) is 3. The van der Waals surface area contributed by atoms with Gasteiger partial charge in [0, 0.05) is 6.42 Å². The van der Waals surface area contributed by atoms with Crippen LogP contribution in [0, 0.1) is 0 Å². The van der Waals surface area contributed by atoms with E-state index >= 15 is 0 Å². The van der Waals surface area contributed by atoms with Gasteiger partial charge >= 0.3 is 0 Å². The molecule has 3 nitrogen and oxygen atoms in total. The zero-order valence-corrected chi connectivity index (χ0v) is 7.85. The van der Waals surface area contributed by atoms with Crippen LogP contribution in [0.1, 0.15) is 17.8 Å². The summed E-state index contributed by atoms with van der Waals surface area (Å²) < 4.78 is 2.10. The minimum Gasteiger partial charge on any atom is -0.285 e. The van der Waals surface area contributed by atoms with E-state index in [-0.39, 0.29) is 0 Å². The number of hydrogen-bond donors (Lipinski definition) is 0. The first kappa shape index (κ1) is 7.74. The molecule has 3 heteroatoms. The maximum atomic E-state index is 4.13. The highest BCUT2D eigenvalue weighted by Crippen LogP contribution is 2.21. The van der Waals surface area contributed by atoms with Crippen LogP contribution < -0.4 is 0 Å². The average molecular weight is 185 g/mol. The Morgan fingerprint density at radius 2 is 2.07 bits per heavy atom. The number of rotatable bonds is 0. The Hall–Kier alpha value is -1.64. The van der Waals surface area contributed by atoms with Gasteiger partial charge in [-0.15, -0.1) is 10.2 Å². The van der Waals surface area contributed by atoms with Gasteiger partial charge in [-0.2, -0.15) is 0 Å². The predicted octanol–water partition coefficient (Wildman–Crippen LogP) is 1.76. The molecule has 1 aliphatic heterocycles. The van der Waals surface area contributed by atoms with Crippen molar-refractivity contribution in [1.29, 1.82) is 0 Å². The van der Waals surface area contributed by atoms with Crippen molar-refractivity contribution in [2.24, 2.45) is 0 Å². The van der Waals surface area contributed by atoms with E-state index in [1.165, 1.54) is 11.3 Å². The van der Waals surface area contributed by atoms with E-state index in [1.807, 2.05) is 0 Å². The maximum absolute atomic E-state index is 4.13. The summed E-state index contributed by atoms with van der Waals surface area (Å²) in [6, 6.07) is 8.47. The van der Waals surface area contributed by atoms with E-state index in [4.69, 9.17) is 0 Å². The molecule has 0 saturated heterocycles. The third-order valence-electron chi connectivity index (χ3n) is 2.72. The molecule has 3 rings (SSSR count). The second-order valence-corrected chi connectivity index (χ2v) is 3.60. The Morgan fingerprint density at radius 1 is 1.14 bits per heavy atom. The second kappa shape index (κ2) is 2.94. The van der Waals surface area contributed by atoms with Crippen LogP contribution in [0.2, 0.25) is 0 Å². The summed E-state index contributed by atoms with van der Waals surface area (Å²) in [5.74, 6) is 1.08. The fourth-order valence-corrected chi connectivity index (χ4v) is 2.02. The first-order valence-electron chi connectivity index (χ1n) is 4.92. The van der Waals surface area contributed by atoms with Crippen molar-refractivity contribution in [1.82, 2.24) is 14.8 Å². The molecule has 0 atom stereocenters. The summed E-state index contributed by atoms with van der Waals surface area (Å²) in [6.45, 7) is 0. The third kappa shape index (κ3) is 1.05. The van der Waals surface area contributed by atoms with Crippen LogP contribution in [0.15, 0.2) is 30.6 Å². The highest BCUT2D eigenvalue weighted by Gasteiger charge is 2.13. The molecule has 2 heterocycles. The van der Waals surface area contributed by atoms with Crippen molar-refractivity contribution in [2.75, 3.05) is 0 Å². The highest BCUT2D eigenvalue weighted by atomic mass is 15.3. The highest BCUT2D eigenvalue weighted by molar-refractivity contribution is 5.42. The quantitative estimate of drug-likeness (QED) is 0.626. The van der Waals surface area contributed by atoms with Gasteiger partial charge in [0.2, 0.25) is 0 Å². The topological polar surface area (TPSA) is 30.7 Å². The Kier molecular flexibility index (Phi) is 1.63. The van der Waals surface area contributed by atoms with Gasteiger partial charge in [0.15, 0.2) is 0 Å². The van der Waals surface area contributed by atoms with E-state index in [0.29, 0.717) is 0 Å². The number of benzene rings is 1. The van der Waals surface area contributed by atoms with Crippen molar-refractivity contribution >= 4 is 0 Å². The van der Waals surface area contributed by atoms with E-state index in [1.54, 1.807) is 6.33 Å². The predicted molar refractivity (Wildman–Crippen MR) is 53.4 cm³/mol. The number of hydrogen-bond acceptors (Lipinski definition) is 2. The van der Waals surface area contributed by atoms with Gasteiger partial charge in [-0.1, -0.05) is 18.2 Å². The summed E-state index contributed by atoms with van der Waals surface area (Å²) in [5.41, 5.74) is 2.64. The zero-order chi connectivity index (χ0) is 9.38. The molecule has 1 aliphatic rings. The molecule has 0 amide bonds. The van der Waals surface area contributed by atoms with Crippen molar-refractivity contribution in [3.8, 4) is 5.69 Å². The number of para-hydroxylation sites is 1. The molecule has 0 N–H and O–H groups in total. The molecular formula is C11H11N3. The van der Waals surface area contributed by atoms with Gasteiger partial charge in [0.1, 0.15) is 12.2 Å². The minimum atomic E-state index is 1.02. The van der Waals surface area contributed by atoms with Crippen LogP contribution in [0.25, 0.3) is 5.69 Å². The van der Waals surface area contributed by atoms with Crippen molar-refractivity contribution in [2.45, 2.75) is 19.3 Å². The van der Waals surface area contributed by atoms with Crippen LogP contribution in [0.3, 0.4) is 0 Å². The standard InChI is InChI=1S/C11H11N3/c1-2-6-10-9(4-1)5-3-7-11-13-12-8-14(10)11/h1-2,4,6,8H,3,5,7H2. The van der Waals surface area contributed by atoms with E-state index < -0.39 is 0 Å². The van der Waals surface area contributed by atoms with Gasteiger partial charge in [0.05, 0.1) is 5.69 Å². The molecular weight excluding hydrogens is 174 g/mol. The SMILES string of the molecule is c1ccc2c(c1)CCCc1nncn1-2. The molecule has 0 fully saturated rings. The lowest BCUT2D eigenvalue weighted by molar-refractivity contribution is 0.782. The summed E-state index contributed by atoms with van der Waals surface area (Å²) >= 11 is 0. The summed E-state index contributed by atoms with van der Waals surface area (Å²) in [5, 5.41) is 8.09. The van der Waals surface area contributed by atoms with Gasteiger partial charge in [0.25, 0.3) is 0 Å². The lowest BCUT2D eigenvalue weighted by atomic mass is 10.1. The molecule has 2 aromatic rings. The summed E-state index contributed by atoms with van der Waals surface area (Å²) in [7, 11) is 0. The Balaban J connectivity index is 2.27. The molecule has 0 aliphatic carbocycles. The molecule has 70 valence electrons. The smallest absolute Gasteiger partial charge is 0.137 e. The van der Waals surface area contributed by atoms with Gasteiger partial charge in [-0.3, -0.25) is 4.57 Å². The Labute approximate surface area is 82.4 Å². The molecule has 1 aromatic heterocycles. The van der Waals surface area contributed by atoms with Gasteiger partial charge in [-0.05, 0) is 24.5 Å². The monoisotopic (exact) mass is 185 g/mol. The normalized spacial score (nSPS) is 14.3. The summed E-state index contributed by atoms with van der Waals surface area (Å²) in [4.78, 5) is 0. The van der Waals surface area contributed by atoms with Crippen molar-refractivity contribution in [3.05, 3.63) is 42.0 Å². The minimum absolute atomic E-state index is 1.02. The van der Waals surface area contributed by atoms with Crippen LogP contribution in [-0.4, -0.2) is 14.8 Å². The fourth-order valence-electron chi connectivity index (χ4n) is 2.02. The maximum Gasteiger partial charge on any atom is 0.137 e. The summed E-state index contributed by atoms with van der Waals surface area (Å²) in [6.07, 6.45) is 5.13. The lowest BCUT2D eigenvalue weighted by Crippen LogP contribution is -1.98. The Bertz CT molecular complexity index is 459. The van der Waals surface area contributed by atoms with Crippen LogP contribution in [0.4, 0.5) is 0 Å². The third-order valence-corrected chi connectivity index (χ3v) is 2.72. The lowest BCUT2D eigenvalue weighted by Gasteiger charge is -2.06. The van der Waals surface area contributed by atoms with E-state index in [0.717, 1.165) is 25.1 Å². The fraction of sp³-hybridized carbons (Fsp3) is 0.273.